The Morgan fingerprint density at radius 2 is 2.00 bits per heavy atom. The molecule has 0 unspecified atom stereocenters. The molecule has 0 saturated heterocycles. The number of carboxylic acid groups (broad SMARTS) is 1. The van der Waals surface area contributed by atoms with E-state index in [9.17, 15) is 4.79 Å². The van der Waals surface area contributed by atoms with Crippen molar-refractivity contribution in [2.24, 2.45) is 0 Å². The third-order valence-corrected chi connectivity index (χ3v) is 2.73. The van der Waals surface area contributed by atoms with E-state index in [0.29, 0.717) is 30.4 Å². The molecule has 2 N–H and O–H groups in total. The molecular formula is C14H17NO4. The molecule has 0 fully saturated rings. The lowest BCUT2D eigenvalue weighted by molar-refractivity contribution is -0.136. The van der Waals surface area contributed by atoms with Crippen LogP contribution in [0.3, 0.4) is 0 Å². The molecule has 5 nitrogen and oxygen atoms in total. The van der Waals surface area contributed by atoms with E-state index in [1.165, 1.54) is 0 Å². The van der Waals surface area contributed by atoms with Crippen molar-refractivity contribution in [1.29, 1.82) is 0 Å². The van der Waals surface area contributed by atoms with Gasteiger partial charge in [-0.1, -0.05) is 6.07 Å². The number of H-pyrrole nitrogens is 1. The summed E-state index contributed by atoms with van der Waals surface area (Å²) in [7, 11) is 0. The molecule has 2 aromatic rings. The van der Waals surface area contributed by atoms with Crippen LogP contribution in [0, 0.1) is 0 Å². The van der Waals surface area contributed by atoms with Crippen LogP contribution in [0.5, 0.6) is 11.5 Å². The van der Waals surface area contributed by atoms with Gasteiger partial charge < -0.3 is 19.6 Å². The number of hydrogen-bond donors (Lipinski definition) is 2. The minimum atomic E-state index is -0.898. The molecule has 1 aromatic heterocycles. The highest BCUT2D eigenvalue weighted by molar-refractivity contribution is 5.94. The van der Waals surface area contributed by atoms with Crippen LogP contribution in [0.15, 0.2) is 18.2 Å². The summed E-state index contributed by atoms with van der Waals surface area (Å²) in [6.07, 6.45) is -0.102. The Kier molecular flexibility index (Phi) is 3.94. The average molecular weight is 263 g/mol. The molecule has 0 radical (unpaired) electrons. The Hall–Kier alpha value is -2.17. The molecule has 102 valence electrons. The lowest BCUT2D eigenvalue weighted by atomic mass is 10.2. The normalized spacial score (nSPS) is 10.6. The first-order valence-corrected chi connectivity index (χ1v) is 6.28. The van der Waals surface area contributed by atoms with E-state index < -0.39 is 5.97 Å². The van der Waals surface area contributed by atoms with Crippen LogP contribution in [0.4, 0.5) is 0 Å². The van der Waals surface area contributed by atoms with Gasteiger partial charge >= 0.3 is 5.97 Å². The fourth-order valence-corrected chi connectivity index (χ4v) is 2.09. The van der Waals surface area contributed by atoms with Gasteiger partial charge in [-0.15, -0.1) is 0 Å². The van der Waals surface area contributed by atoms with Gasteiger partial charge in [-0.25, -0.2) is 0 Å². The largest absolute Gasteiger partial charge is 0.493 e. The van der Waals surface area contributed by atoms with Gasteiger partial charge in [-0.3, -0.25) is 4.79 Å². The zero-order chi connectivity index (χ0) is 13.8. The van der Waals surface area contributed by atoms with Gasteiger partial charge in [0.05, 0.1) is 36.2 Å². The first kappa shape index (κ1) is 13.3. The molecule has 0 aliphatic rings. The monoisotopic (exact) mass is 263 g/mol. The van der Waals surface area contributed by atoms with Gasteiger partial charge in [0, 0.05) is 0 Å². The molecule has 1 heterocycles. The summed E-state index contributed by atoms with van der Waals surface area (Å²) < 4.78 is 11.2. The number of carbonyl (C=O) groups is 1. The zero-order valence-electron chi connectivity index (χ0n) is 11.0. The fraction of sp³-hybridized carbons (Fsp3) is 0.357. The quantitative estimate of drug-likeness (QED) is 0.840. The number of aliphatic carboxylic acids is 1. The maximum absolute atomic E-state index is 10.9. The van der Waals surface area contributed by atoms with E-state index in [0.717, 1.165) is 10.9 Å². The number of hydrogen-bond acceptors (Lipinski definition) is 3. The molecule has 0 saturated carbocycles. The summed E-state index contributed by atoms with van der Waals surface area (Å²) in [4.78, 5) is 14.0. The van der Waals surface area contributed by atoms with E-state index in [1.54, 1.807) is 0 Å². The Morgan fingerprint density at radius 1 is 1.26 bits per heavy atom. The highest BCUT2D eigenvalue weighted by atomic mass is 16.5. The highest BCUT2D eigenvalue weighted by Gasteiger charge is 2.18. The second-order valence-electron chi connectivity index (χ2n) is 4.05. The van der Waals surface area contributed by atoms with Crippen LogP contribution in [-0.4, -0.2) is 29.3 Å². The van der Waals surface area contributed by atoms with Crippen LogP contribution in [0.1, 0.15) is 19.5 Å². The Balaban J connectivity index is 2.60. The van der Waals surface area contributed by atoms with E-state index in [-0.39, 0.29) is 6.42 Å². The van der Waals surface area contributed by atoms with E-state index in [4.69, 9.17) is 14.6 Å². The van der Waals surface area contributed by atoms with Crippen molar-refractivity contribution >= 4 is 16.9 Å². The Labute approximate surface area is 111 Å². The smallest absolute Gasteiger partial charge is 0.309 e. The van der Waals surface area contributed by atoms with Crippen molar-refractivity contribution in [2.75, 3.05) is 13.2 Å². The lowest BCUT2D eigenvalue weighted by Crippen LogP contribution is -2.03. The predicted molar refractivity (Wildman–Crippen MR) is 72.0 cm³/mol. The molecule has 1 aromatic carbocycles. The fourth-order valence-electron chi connectivity index (χ4n) is 2.09. The lowest BCUT2D eigenvalue weighted by Gasteiger charge is -2.08. The van der Waals surface area contributed by atoms with E-state index >= 15 is 0 Å². The molecule has 2 rings (SSSR count). The highest BCUT2D eigenvalue weighted by Crippen LogP contribution is 2.37. The van der Waals surface area contributed by atoms with Gasteiger partial charge in [0.1, 0.15) is 5.75 Å². The summed E-state index contributed by atoms with van der Waals surface area (Å²) in [5.74, 6) is 0.380. The van der Waals surface area contributed by atoms with Crippen LogP contribution in [0.2, 0.25) is 0 Å². The van der Waals surface area contributed by atoms with Gasteiger partial charge in [-0.05, 0) is 26.0 Å². The van der Waals surface area contributed by atoms with Crippen molar-refractivity contribution in [3.63, 3.8) is 0 Å². The SMILES string of the molecule is CCOc1cccc2[nH]c(CC(=O)O)c(OCC)c12. The van der Waals surface area contributed by atoms with Crippen molar-refractivity contribution in [2.45, 2.75) is 20.3 Å². The number of aromatic amines is 1. The predicted octanol–water partition coefficient (Wildman–Crippen LogP) is 2.59. The molecule has 0 spiro atoms. The molecular weight excluding hydrogens is 246 g/mol. The van der Waals surface area contributed by atoms with Crippen LogP contribution in [0.25, 0.3) is 10.9 Å². The summed E-state index contributed by atoms with van der Waals surface area (Å²) in [5, 5.41) is 9.76. The van der Waals surface area contributed by atoms with Crippen molar-refractivity contribution < 1.29 is 19.4 Å². The number of benzene rings is 1. The third kappa shape index (κ3) is 2.65. The second kappa shape index (κ2) is 5.65. The van der Waals surface area contributed by atoms with E-state index in [1.807, 2.05) is 32.0 Å². The van der Waals surface area contributed by atoms with Crippen LogP contribution >= 0.6 is 0 Å². The summed E-state index contributed by atoms with van der Waals surface area (Å²) >= 11 is 0. The molecule has 0 bridgehead atoms. The number of nitrogens with one attached hydrogen (secondary N) is 1. The summed E-state index contributed by atoms with van der Waals surface area (Å²) in [6, 6.07) is 5.60. The number of rotatable bonds is 6. The van der Waals surface area contributed by atoms with Crippen molar-refractivity contribution in [3.05, 3.63) is 23.9 Å². The first-order chi connectivity index (χ1) is 9.17. The van der Waals surface area contributed by atoms with Gasteiger partial charge in [0.2, 0.25) is 0 Å². The standard InChI is InChI=1S/C14H17NO4/c1-3-18-11-7-5-6-9-13(11)14(19-4-2)10(15-9)8-12(16)17/h5-7,15H,3-4,8H2,1-2H3,(H,16,17). The average Bonchev–Trinajstić information content (AvgIpc) is 2.68. The van der Waals surface area contributed by atoms with Crippen molar-refractivity contribution in [3.8, 4) is 11.5 Å². The number of aromatic nitrogens is 1. The minimum Gasteiger partial charge on any atom is -0.493 e. The molecule has 0 atom stereocenters. The molecule has 0 aliphatic carbocycles. The third-order valence-electron chi connectivity index (χ3n) is 2.73. The van der Waals surface area contributed by atoms with Crippen LogP contribution < -0.4 is 9.47 Å². The van der Waals surface area contributed by atoms with Gasteiger partial charge in [-0.2, -0.15) is 0 Å². The van der Waals surface area contributed by atoms with E-state index in [2.05, 4.69) is 4.98 Å². The number of fused-ring (bicyclic) bond motifs is 1. The maximum atomic E-state index is 10.9. The molecule has 0 aliphatic heterocycles. The minimum absolute atomic E-state index is 0.102. The number of ether oxygens (including phenoxy) is 2. The first-order valence-electron chi connectivity index (χ1n) is 6.28. The van der Waals surface area contributed by atoms with Gasteiger partial charge in [0.15, 0.2) is 5.75 Å². The molecule has 0 amide bonds. The van der Waals surface area contributed by atoms with Crippen molar-refractivity contribution in [1.82, 2.24) is 4.98 Å². The van der Waals surface area contributed by atoms with Gasteiger partial charge in [0.25, 0.3) is 0 Å². The summed E-state index contributed by atoms with van der Waals surface area (Å²) in [5.41, 5.74) is 1.39. The van der Waals surface area contributed by atoms with Crippen LogP contribution in [-0.2, 0) is 11.2 Å². The maximum Gasteiger partial charge on any atom is 0.309 e. The molecule has 19 heavy (non-hydrogen) atoms. The molecule has 5 heteroatoms. The summed E-state index contributed by atoms with van der Waals surface area (Å²) in [6.45, 7) is 4.79. The zero-order valence-corrected chi connectivity index (χ0v) is 11.0. The Morgan fingerprint density at radius 3 is 2.63 bits per heavy atom. The Bertz CT molecular complexity index is 588. The number of carboxylic acids is 1. The topological polar surface area (TPSA) is 71.6 Å². The second-order valence-corrected chi connectivity index (χ2v) is 4.05.